The highest BCUT2D eigenvalue weighted by Gasteiger charge is 2.18. The van der Waals surface area contributed by atoms with Crippen LogP contribution in [0.2, 0.25) is 0 Å². The molecule has 0 aromatic heterocycles. The maximum atomic E-state index is 12.1. The van der Waals surface area contributed by atoms with Gasteiger partial charge in [0.1, 0.15) is 5.75 Å². The largest absolute Gasteiger partial charge is 0.481 e. The van der Waals surface area contributed by atoms with Crippen LogP contribution in [0.4, 0.5) is 0 Å². The number of aliphatic hydroxyl groups excluding tert-OH is 1. The SMILES string of the molecule is Cc1cccc(OC(C)C(=O)N(C)CCCCCO)c1. The Morgan fingerprint density at radius 2 is 2.10 bits per heavy atom. The highest BCUT2D eigenvalue weighted by atomic mass is 16.5. The molecule has 112 valence electrons. The van der Waals surface area contributed by atoms with Gasteiger partial charge in [0.05, 0.1) is 0 Å². The van der Waals surface area contributed by atoms with Crippen LogP contribution < -0.4 is 4.74 Å². The maximum absolute atomic E-state index is 12.1. The molecule has 0 aliphatic carbocycles. The van der Waals surface area contributed by atoms with E-state index in [9.17, 15) is 4.79 Å². The van der Waals surface area contributed by atoms with Gasteiger partial charge in [-0.25, -0.2) is 0 Å². The number of hydrogen-bond acceptors (Lipinski definition) is 3. The van der Waals surface area contributed by atoms with Gasteiger partial charge >= 0.3 is 0 Å². The zero-order valence-corrected chi connectivity index (χ0v) is 12.6. The summed E-state index contributed by atoms with van der Waals surface area (Å²) in [6.07, 6.45) is 2.14. The van der Waals surface area contributed by atoms with E-state index in [1.807, 2.05) is 31.2 Å². The lowest BCUT2D eigenvalue weighted by atomic mass is 10.2. The number of carbonyl (C=O) groups is 1. The third-order valence-corrected chi connectivity index (χ3v) is 3.18. The Morgan fingerprint density at radius 1 is 1.35 bits per heavy atom. The van der Waals surface area contributed by atoms with E-state index in [4.69, 9.17) is 9.84 Å². The van der Waals surface area contributed by atoms with Gasteiger partial charge in [-0.15, -0.1) is 0 Å². The number of aliphatic hydroxyl groups is 1. The third kappa shape index (κ3) is 5.61. The third-order valence-electron chi connectivity index (χ3n) is 3.18. The molecule has 1 N–H and O–H groups in total. The first-order valence-corrected chi connectivity index (χ1v) is 7.13. The minimum atomic E-state index is -0.486. The molecule has 0 aliphatic rings. The summed E-state index contributed by atoms with van der Waals surface area (Å²) in [7, 11) is 1.79. The van der Waals surface area contributed by atoms with Gasteiger partial charge in [0.25, 0.3) is 5.91 Å². The predicted molar refractivity (Wildman–Crippen MR) is 79.8 cm³/mol. The summed E-state index contributed by atoms with van der Waals surface area (Å²) in [5.74, 6) is 0.704. The molecule has 1 rings (SSSR count). The van der Waals surface area contributed by atoms with Crippen molar-refractivity contribution in [3.63, 3.8) is 0 Å². The monoisotopic (exact) mass is 279 g/mol. The number of amides is 1. The number of ether oxygens (including phenoxy) is 1. The minimum absolute atomic E-state index is 0.0181. The predicted octanol–water partition coefficient (Wildman–Crippen LogP) is 2.38. The molecule has 1 aromatic rings. The van der Waals surface area contributed by atoms with Gasteiger partial charge in [-0.2, -0.15) is 0 Å². The lowest BCUT2D eigenvalue weighted by Gasteiger charge is -2.22. The Hall–Kier alpha value is -1.55. The van der Waals surface area contributed by atoms with Crippen molar-refractivity contribution in [1.82, 2.24) is 4.90 Å². The fourth-order valence-corrected chi connectivity index (χ4v) is 2.00. The standard InChI is InChI=1S/C16H25NO3/c1-13-8-7-9-15(12-13)20-14(2)16(19)17(3)10-5-4-6-11-18/h7-9,12,14,18H,4-6,10-11H2,1-3H3. The number of unbranched alkanes of at least 4 members (excludes halogenated alkanes) is 2. The Bertz CT molecular complexity index is 420. The Kier molecular flexibility index (Phi) is 7.09. The first-order chi connectivity index (χ1) is 9.54. The second kappa shape index (κ2) is 8.59. The molecule has 0 saturated heterocycles. The molecular formula is C16H25NO3. The number of likely N-dealkylation sites (N-methyl/N-ethyl adjacent to an activating group) is 1. The Labute approximate surface area is 121 Å². The van der Waals surface area contributed by atoms with Crippen molar-refractivity contribution in [2.24, 2.45) is 0 Å². The summed E-state index contributed by atoms with van der Waals surface area (Å²) in [5.41, 5.74) is 1.11. The second-order valence-corrected chi connectivity index (χ2v) is 5.12. The summed E-state index contributed by atoms with van der Waals surface area (Å²) in [6, 6.07) is 7.69. The quantitative estimate of drug-likeness (QED) is 0.743. The number of nitrogens with zero attached hydrogens (tertiary/aromatic N) is 1. The molecule has 4 heteroatoms. The van der Waals surface area contributed by atoms with Gasteiger partial charge in [-0.1, -0.05) is 12.1 Å². The molecular weight excluding hydrogens is 254 g/mol. The molecule has 20 heavy (non-hydrogen) atoms. The zero-order chi connectivity index (χ0) is 15.0. The highest BCUT2D eigenvalue weighted by molar-refractivity contribution is 5.80. The summed E-state index contributed by atoms with van der Waals surface area (Å²) in [6.45, 7) is 4.67. The van der Waals surface area contributed by atoms with Gasteiger partial charge in [-0.05, 0) is 50.8 Å². The molecule has 1 amide bonds. The van der Waals surface area contributed by atoms with Crippen molar-refractivity contribution in [3.05, 3.63) is 29.8 Å². The maximum Gasteiger partial charge on any atom is 0.263 e. The molecule has 0 aliphatic heterocycles. The summed E-state index contributed by atoms with van der Waals surface area (Å²) in [4.78, 5) is 13.8. The molecule has 0 bridgehead atoms. The summed E-state index contributed by atoms with van der Waals surface area (Å²) < 4.78 is 5.67. The first-order valence-electron chi connectivity index (χ1n) is 7.13. The van der Waals surface area contributed by atoms with Crippen LogP contribution in [0.15, 0.2) is 24.3 Å². The number of hydrogen-bond donors (Lipinski definition) is 1. The van der Waals surface area contributed by atoms with E-state index in [1.54, 1.807) is 18.9 Å². The number of carbonyl (C=O) groups excluding carboxylic acids is 1. The van der Waals surface area contributed by atoms with E-state index in [0.717, 1.165) is 30.6 Å². The molecule has 1 aromatic carbocycles. The molecule has 0 spiro atoms. The number of aryl methyl sites for hydroxylation is 1. The molecule has 4 nitrogen and oxygen atoms in total. The normalized spacial score (nSPS) is 12.0. The van der Waals surface area contributed by atoms with Crippen LogP contribution in [-0.2, 0) is 4.79 Å². The van der Waals surface area contributed by atoms with E-state index in [1.165, 1.54) is 0 Å². The van der Waals surface area contributed by atoms with E-state index < -0.39 is 6.10 Å². The van der Waals surface area contributed by atoms with Gasteiger partial charge in [0.2, 0.25) is 0 Å². The topological polar surface area (TPSA) is 49.8 Å². The van der Waals surface area contributed by atoms with Crippen LogP contribution in [0, 0.1) is 6.92 Å². The van der Waals surface area contributed by atoms with Crippen LogP contribution in [0.25, 0.3) is 0 Å². The Balaban J connectivity index is 2.41. The number of benzene rings is 1. The molecule has 1 atom stereocenters. The van der Waals surface area contributed by atoms with Crippen LogP contribution >= 0.6 is 0 Å². The van der Waals surface area contributed by atoms with Crippen molar-refractivity contribution >= 4 is 5.91 Å². The second-order valence-electron chi connectivity index (χ2n) is 5.12. The van der Waals surface area contributed by atoms with Crippen molar-refractivity contribution < 1.29 is 14.6 Å². The van der Waals surface area contributed by atoms with E-state index in [-0.39, 0.29) is 12.5 Å². The van der Waals surface area contributed by atoms with E-state index >= 15 is 0 Å². The summed E-state index contributed by atoms with van der Waals surface area (Å²) >= 11 is 0. The van der Waals surface area contributed by atoms with Crippen molar-refractivity contribution in [1.29, 1.82) is 0 Å². The fourth-order valence-electron chi connectivity index (χ4n) is 2.00. The van der Waals surface area contributed by atoms with E-state index in [2.05, 4.69) is 0 Å². The molecule has 0 fully saturated rings. The van der Waals surface area contributed by atoms with E-state index in [0.29, 0.717) is 6.54 Å². The van der Waals surface area contributed by atoms with Crippen molar-refractivity contribution in [2.75, 3.05) is 20.2 Å². The van der Waals surface area contributed by atoms with Gasteiger partial charge in [-0.3, -0.25) is 4.79 Å². The molecule has 0 saturated carbocycles. The van der Waals surface area contributed by atoms with Gasteiger partial charge in [0.15, 0.2) is 6.10 Å². The van der Waals surface area contributed by atoms with Gasteiger partial charge < -0.3 is 14.7 Å². The average Bonchev–Trinajstić information content (AvgIpc) is 2.42. The average molecular weight is 279 g/mol. The zero-order valence-electron chi connectivity index (χ0n) is 12.6. The van der Waals surface area contributed by atoms with Crippen LogP contribution in [0.1, 0.15) is 31.7 Å². The van der Waals surface area contributed by atoms with Crippen LogP contribution in [0.3, 0.4) is 0 Å². The lowest BCUT2D eigenvalue weighted by Crippen LogP contribution is -2.38. The lowest BCUT2D eigenvalue weighted by molar-refractivity contribution is -0.136. The Morgan fingerprint density at radius 3 is 2.75 bits per heavy atom. The highest BCUT2D eigenvalue weighted by Crippen LogP contribution is 2.15. The first kappa shape index (κ1) is 16.5. The van der Waals surface area contributed by atoms with Gasteiger partial charge in [0, 0.05) is 20.2 Å². The van der Waals surface area contributed by atoms with Crippen LogP contribution in [0.5, 0.6) is 5.75 Å². The number of rotatable bonds is 8. The summed E-state index contributed by atoms with van der Waals surface area (Å²) in [5, 5.41) is 8.71. The van der Waals surface area contributed by atoms with Crippen molar-refractivity contribution in [2.45, 2.75) is 39.2 Å². The van der Waals surface area contributed by atoms with Crippen LogP contribution in [-0.4, -0.2) is 42.2 Å². The smallest absolute Gasteiger partial charge is 0.263 e. The minimum Gasteiger partial charge on any atom is -0.481 e. The molecule has 0 heterocycles. The fraction of sp³-hybridized carbons (Fsp3) is 0.562. The molecule has 0 radical (unpaired) electrons. The van der Waals surface area contributed by atoms with Crippen molar-refractivity contribution in [3.8, 4) is 5.75 Å². The molecule has 1 unspecified atom stereocenters.